The highest BCUT2D eigenvalue weighted by Gasteiger charge is 2.14. The second-order valence-electron chi connectivity index (χ2n) is 6.09. The maximum Gasteiger partial charge on any atom is 0.338 e. The SMILES string of the molecule is CCn1c(=O)c(C)nc2cc(C(=O)OCC(=O)NCC(=O)N(C)C)ccc21. The average Bonchev–Trinajstić information content (AvgIpc) is 2.64. The lowest BCUT2D eigenvalue weighted by Crippen LogP contribution is -2.38. The zero-order valence-corrected chi connectivity index (χ0v) is 15.7. The molecule has 0 radical (unpaired) electrons. The van der Waals surface area contributed by atoms with Crippen molar-refractivity contribution in [3.63, 3.8) is 0 Å². The van der Waals surface area contributed by atoms with Crippen molar-refractivity contribution in [2.45, 2.75) is 20.4 Å². The van der Waals surface area contributed by atoms with E-state index in [0.717, 1.165) is 0 Å². The van der Waals surface area contributed by atoms with Crippen molar-refractivity contribution in [2.75, 3.05) is 27.2 Å². The Hall–Kier alpha value is -3.23. The molecule has 27 heavy (non-hydrogen) atoms. The van der Waals surface area contributed by atoms with Crippen molar-refractivity contribution in [3.8, 4) is 0 Å². The Kier molecular flexibility index (Phi) is 6.27. The van der Waals surface area contributed by atoms with Gasteiger partial charge >= 0.3 is 5.97 Å². The van der Waals surface area contributed by atoms with Gasteiger partial charge in [0.25, 0.3) is 11.5 Å². The first kappa shape index (κ1) is 20.1. The molecule has 0 aliphatic heterocycles. The molecule has 0 saturated carbocycles. The number of likely N-dealkylation sites (N-methyl/N-ethyl adjacent to an activating group) is 1. The van der Waals surface area contributed by atoms with Gasteiger partial charge in [-0.15, -0.1) is 0 Å². The van der Waals surface area contributed by atoms with Gasteiger partial charge in [-0.2, -0.15) is 0 Å². The molecule has 0 aliphatic rings. The Bertz CT molecular complexity index is 949. The molecule has 144 valence electrons. The Labute approximate surface area is 155 Å². The summed E-state index contributed by atoms with van der Waals surface area (Å²) in [6.07, 6.45) is 0. The molecule has 2 aromatic rings. The topological polar surface area (TPSA) is 111 Å². The van der Waals surface area contributed by atoms with Gasteiger partial charge < -0.3 is 19.5 Å². The van der Waals surface area contributed by atoms with E-state index >= 15 is 0 Å². The third-order valence-corrected chi connectivity index (χ3v) is 3.93. The van der Waals surface area contributed by atoms with Crippen LogP contribution < -0.4 is 10.9 Å². The molecule has 0 spiro atoms. The molecule has 1 aromatic carbocycles. The van der Waals surface area contributed by atoms with Crippen molar-refractivity contribution in [2.24, 2.45) is 0 Å². The summed E-state index contributed by atoms with van der Waals surface area (Å²) in [5.41, 5.74) is 1.48. The molecule has 1 N–H and O–H groups in total. The quantitative estimate of drug-likeness (QED) is 0.717. The number of aryl methyl sites for hydroxylation is 2. The summed E-state index contributed by atoms with van der Waals surface area (Å²) in [5.74, 6) is -1.54. The minimum Gasteiger partial charge on any atom is -0.452 e. The number of fused-ring (bicyclic) bond motifs is 1. The predicted octanol–water partition coefficient (Wildman–Crippen LogP) is 0.0860. The summed E-state index contributed by atoms with van der Waals surface area (Å²) in [4.78, 5) is 52.9. The molecule has 1 aromatic heterocycles. The molecule has 0 saturated heterocycles. The minimum atomic E-state index is -0.695. The van der Waals surface area contributed by atoms with Gasteiger partial charge in [0.1, 0.15) is 5.69 Å². The smallest absolute Gasteiger partial charge is 0.338 e. The highest BCUT2D eigenvalue weighted by atomic mass is 16.5. The monoisotopic (exact) mass is 374 g/mol. The lowest BCUT2D eigenvalue weighted by Gasteiger charge is -2.11. The van der Waals surface area contributed by atoms with Gasteiger partial charge in [0.05, 0.1) is 23.1 Å². The fourth-order valence-corrected chi connectivity index (χ4v) is 2.41. The Morgan fingerprint density at radius 3 is 2.59 bits per heavy atom. The van der Waals surface area contributed by atoms with E-state index in [9.17, 15) is 19.2 Å². The molecule has 9 nitrogen and oxygen atoms in total. The molecular formula is C18H22N4O5. The molecule has 0 atom stereocenters. The summed E-state index contributed by atoms with van der Waals surface area (Å²) in [7, 11) is 3.14. The first-order valence-corrected chi connectivity index (χ1v) is 8.39. The van der Waals surface area contributed by atoms with E-state index < -0.39 is 18.5 Å². The summed E-state index contributed by atoms with van der Waals surface area (Å²) in [6.45, 7) is 3.27. The number of amides is 2. The van der Waals surface area contributed by atoms with Crippen LogP contribution in [0.1, 0.15) is 23.0 Å². The Morgan fingerprint density at radius 2 is 1.96 bits per heavy atom. The molecular weight excluding hydrogens is 352 g/mol. The van der Waals surface area contributed by atoms with Crippen LogP contribution in [0.3, 0.4) is 0 Å². The van der Waals surface area contributed by atoms with Gasteiger partial charge in [-0.05, 0) is 32.0 Å². The fraction of sp³-hybridized carbons (Fsp3) is 0.389. The number of aromatic nitrogens is 2. The number of benzene rings is 1. The van der Waals surface area contributed by atoms with Crippen LogP contribution in [0.4, 0.5) is 0 Å². The number of ether oxygens (including phenoxy) is 1. The highest BCUT2D eigenvalue weighted by Crippen LogP contribution is 2.14. The van der Waals surface area contributed by atoms with Gasteiger partial charge in [0.2, 0.25) is 5.91 Å². The Balaban J connectivity index is 2.08. The van der Waals surface area contributed by atoms with Gasteiger partial charge in [0, 0.05) is 20.6 Å². The number of hydrogen-bond donors (Lipinski definition) is 1. The summed E-state index contributed by atoms with van der Waals surface area (Å²) in [5, 5.41) is 2.37. The van der Waals surface area contributed by atoms with Crippen LogP contribution in [-0.4, -0.2) is 59.5 Å². The second kappa shape index (κ2) is 8.43. The van der Waals surface area contributed by atoms with Crippen molar-refractivity contribution in [1.82, 2.24) is 19.8 Å². The van der Waals surface area contributed by atoms with E-state index in [0.29, 0.717) is 23.3 Å². The number of carbonyl (C=O) groups is 3. The van der Waals surface area contributed by atoms with E-state index in [-0.39, 0.29) is 23.6 Å². The molecule has 1 heterocycles. The van der Waals surface area contributed by atoms with Crippen molar-refractivity contribution < 1.29 is 19.1 Å². The van der Waals surface area contributed by atoms with Gasteiger partial charge in [0.15, 0.2) is 6.61 Å². The van der Waals surface area contributed by atoms with Crippen LogP contribution in [0.5, 0.6) is 0 Å². The lowest BCUT2D eigenvalue weighted by molar-refractivity contribution is -0.131. The number of carbonyl (C=O) groups excluding carboxylic acids is 3. The standard InChI is InChI=1S/C18H22N4O5/c1-5-22-14-7-6-12(8-13(14)20-11(2)17(22)25)18(26)27-10-15(23)19-9-16(24)21(3)4/h6-8H,5,9-10H2,1-4H3,(H,19,23). The summed E-state index contributed by atoms with van der Waals surface area (Å²) < 4.78 is 6.54. The van der Waals surface area contributed by atoms with E-state index in [4.69, 9.17) is 4.74 Å². The maximum absolute atomic E-state index is 12.2. The van der Waals surface area contributed by atoms with Crippen molar-refractivity contribution in [1.29, 1.82) is 0 Å². The van der Waals surface area contributed by atoms with E-state index in [1.54, 1.807) is 31.7 Å². The third kappa shape index (κ3) is 4.69. The molecule has 0 unspecified atom stereocenters. The zero-order chi connectivity index (χ0) is 20.1. The average molecular weight is 374 g/mol. The second-order valence-corrected chi connectivity index (χ2v) is 6.09. The van der Waals surface area contributed by atoms with Crippen LogP contribution in [-0.2, 0) is 20.9 Å². The van der Waals surface area contributed by atoms with E-state index in [1.807, 2.05) is 6.92 Å². The van der Waals surface area contributed by atoms with Crippen LogP contribution in [0.2, 0.25) is 0 Å². The number of nitrogens with one attached hydrogen (secondary N) is 1. The third-order valence-electron chi connectivity index (χ3n) is 3.93. The summed E-state index contributed by atoms with van der Waals surface area (Å²) in [6, 6.07) is 4.66. The van der Waals surface area contributed by atoms with Crippen LogP contribution in [0.15, 0.2) is 23.0 Å². The van der Waals surface area contributed by atoms with E-state index in [1.165, 1.54) is 17.0 Å². The molecule has 9 heteroatoms. The van der Waals surface area contributed by atoms with Crippen molar-refractivity contribution >= 4 is 28.8 Å². The molecule has 0 bridgehead atoms. The van der Waals surface area contributed by atoms with Gasteiger partial charge in [-0.3, -0.25) is 14.4 Å². The normalized spacial score (nSPS) is 10.5. The molecule has 0 aliphatic carbocycles. The first-order valence-electron chi connectivity index (χ1n) is 8.39. The number of rotatable bonds is 6. The molecule has 0 fully saturated rings. The number of nitrogens with zero attached hydrogens (tertiary/aromatic N) is 3. The summed E-state index contributed by atoms with van der Waals surface area (Å²) >= 11 is 0. The highest BCUT2D eigenvalue weighted by molar-refractivity contribution is 5.95. The predicted molar refractivity (Wildman–Crippen MR) is 98.4 cm³/mol. The fourth-order valence-electron chi connectivity index (χ4n) is 2.41. The lowest BCUT2D eigenvalue weighted by atomic mass is 10.2. The zero-order valence-electron chi connectivity index (χ0n) is 15.7. The largest absolute Gasteiger partial charge is 0.452 e. The van der Waals surface area contributed by atoms with E-state index in [2.05, 4.69) is 10.3 Å². The van der Waals surface area contributed by atoms with Crippen LogP contribution in [0.25, 0.3) is 11.0 Å². The first-order chi connectivity index (χ1) is 12.7. The number of esters is 1. The molecule has 2 amide bonds. The number of hydrogen-bond acceptors (Lipinski definition) is 6. The van der Waals surface area contributed by atoms with Crippen LogP contribution >= 0.6 is 0 Å². The van der Waals surface area contributed by atoms with Crippen molar-refractivity contribution in [3.05, 3.63) is 39.8 Å². The van der Waals surface area contributed by atoms with Gasteiger partial charge in [-0.25, -0.2) is 9.78 Å². The van der Waals surface area contributed by atoms with Crippen LogP contribution in [0, 0.1) is 6.92 Å². The maximum atomic E-state index is 12.2. The minimum absolute atomic E-state index is 0.170. The Morgan fingerprint density at radius 1 is 1.26 bits per heavy atom. The van der Waals surface area contributed by atoms with Gasteiger partial charge in [-0.1, -0.05) is 0 Å². The molecule has 2 rings (SSSR count).